The van der Waals surface area contributed by atoms with Gasteiger partial charge >= 0.3 is 5.97 Å². The van der Waals surface area contributed by atoms with Gasteiger partial charge in [0.15, 0.2) is 0 Å². The number of hydrogen-bond donors (Lipinski definition) is 1. The molecule has 0 spiro atoms. The molecule has 30 heavy (non-hydrogen) atoms. The third-order valence-corrected chi connectivity index (χ3v) is 6.88. The van der Waals surface area contributed by atoms with Crippen LogP contribution in [0.4, 0.5) is 0 Å². The Kier molecular flexibility index (Phi) is 7.81. The number of nitrogens with zero attached hydrogens (tertiary/aromatic N) is 1. The minimum atomic E-state index is -0.473. The molecule has 2 saturated heterocycles. The second kappa shape index (κ2) is 10.3. The lowest BCUT2D eigenvalue weighted by molar-refractivity contribution is -0.156. The number of likely N-dealkylation sites (tertiary alicyclic amines) is 1. The second-order valence-electron chi connectivity index (χ2n) is 8.20. The molecule has 2 fully saturated rings. The van der Waals surface area contributed by atoms with Gasteiger partial charge in [-0.25, -0.2) is 4.79 Å². The standard InChI is InChI=1S/C23H32N2O4S/c1-3-29-22(28)19-6-4-5-15-25(19)21(27)12-14-23(13-11-20(26)24-23)16-17-7-9-18(30-2)10-8-17/h7-10,19H,3-6,11-16H2,1-2H3,(H,24,26)/t19-,23-/m0/s1. The molecule has 1 N–H and O–H groups in total. The molecular formula is C23H32N2O4S. The molecule has 0 aromatic heterocycles. The normalized spacial score (nSPS) is 23.9. The summed E-state index contributed by atoms with van der Waals surface area (Å²) in [6.07, 6.45) is 7.37. The molecule has 1 aromatic rings. The van der Waals surface area contributed by atoms with Crippen molar-refractivity contribution in [3.05, 3.63) is 29.8 Å². The van der Waals surface area contributed by atoms with Gasteiger partial charge in [-0.2, -0.15) is 0 Å². The van der Waals surface area contributed by atoms with Crippen LogP contribution in [0.15, 0.2) is 29.2 Å². The summed E-state index contributed by atoms with van der Waals surface area (Å²) in [6, 6.07) is 7.91. The fraction of sp³-hybridized carbons (Fsp3) is 0.609. The minimum absolute atomic E-state index is 0.0222. The van der Waals surface area contributed by atoms with E-state index in [4.69, 9.17) is 4.74 Å². The number of carbonyl (C=O) groups excluding carboxylic acids is 3. The predicted octanol–water partition coefficient (Wildman–Crippen LogP) is 3.32. The lowest BCUT2D eigenvalue weighted by Gasteiger charge is -2.35. The molecular weight excluding hydrogens is 400 g/mol. The third-order valence-electron chi connectivity index (χ3n) is 6.14. The summed E-state index contributed by atoms with van der Waals surface area (Å²) in [7, 11) is 0. The Balaban J connectivity index is 1.66. The van der Waals surface area contributed by atoms with Gasteiger partial charge in [-0.15, -0.1) is 11.8 Å². The van der Waals surface area contributed by atoms with Crippen molar-refractivity contribution >= 4 is 29.5 Å². The summed E-state index contributed by atoms with van der Waals surface area (Å²) in [4.78, 5) is 40.3. The van der Waals surface area contributed by atoms with E-state index in [1.165, 1.54) is 4.90 Å². The van der Waals surface area contributed by atoms with Gasteiger partial charge in [0.25, 0.3) is 0 Å². The average molecular weight is 433 g/mol. The van der Waals surface area contributed by atoms with Gasteiger partial charge in [0.2, 0.25) is 11.8 Å². The zero-order chi connectivity index (χ0) is 21.6. The molecule has 0 unspecified atom stereocenters. The maximum absolute atomic E-state index is 13.0. The number of esters is 1. The average Bonchev–Trinajstić information content (AvgIpc) is 3.13. The molecule has 0 saturated carbocycles. The first-order valence-electron chi connectivity index (χ1n) is 10.9. The summed E-state index contributed by atoms with van der Waals surface area (Å²) in [5.41, 5.74) is 0.757. The van der Waals surface area contributed by atoms with Crippen LogP contribution in [-0.4, -0.2) is 53.7 Å². The molecule has 6 nitrogen and oxygen atoms in total. The van der Waals surface area contributed by atoms with Crippen LogP contribution in [0.3, 0.4) is 0 Å². The maximum Gasteiger partial charge on any atom is 0.328 e. The molecule has 2 atom stereocenters. The molecule has 164 valence electrons. The van der Waals surface area contributed by atoms with Crippen LogP contribution in [-0.2, 0) is 25.5 Å². The molecule has 0 radical (unpaired) electrons. The Morgan fingerprint density at radius 1 is 1.27 bits per heavy atom. The van der Waals surface area contributed by atoms with Crippen LogP contribution >= 0.6 is 11.8 Å². The smallest absolute Gasteiger partial charge is 0.328 e. The van der Waals surface area contributed by atoms with Crippen molar-refractivity contribution in [3.8, 4) is 0 Å². The number of ether oxygens (including phenoxy) is 1. The molecule has 2 amide bonds. The first kappa shape index (κ1) is 22.7. The lowest BCUT2D eigenvalue weighted by atomic mass is 9.84. The summed E-state index contributed by atoms with van der Waals surface area (Å²) in [5.74, 6) is -0.278. The van der Waals surface area contributed by atoms with E-state index in [0.717, 1.165) is 24.8 Å². The number of rotatable bonds is 8. The fourth-order valence-corrected chi connectivity index (χ4v) is 4.93. The van der Waals surface area contributed by atoms with Gasteiger partial charge in [0.05, 0.1) is 6.61 Å². The summed E-state index contributed by atoms with van der Waals surface area (Å²) in [6.45, 7) is 2.70. The number of hydrogen-bond acceptors (Lipinski definition) is 5. The largest absolute Gasteiger partial charge is 0.464 e. The van der Waals surface area contributed by atoms with Gasteiger partial charge in [0, 0.05) is 29.8 Å². The highest BCUT2D eigenvalue weighted by atomic mass is 32.2. The Hall–Kier alpha value is -2.02. The first-order valence-corrected chi connectivity index (χ1v) is 12.1. The highest BCUT2D eigenvalue weighted by Crippen LogP contribution is 2.31. The summed E-state index contributed by atoms with van der Waals surface area (Å²) >= 11 is 1.70. The van der Waals surface area contributed by atoms with Crippen molar-refractivity contribution in [2.24, 2.45) is 0 Å². The fourth-order valence-electron chi connectivity index (χ4n) is 4.52. The number of piperidine rings is 1. The van der Waals surface area contributed by atoms with E-state index in [0.29, 0.717) is 45.3 Å². The summed E-state index contributed by atoms with van der Waals surface area (Å²) in [5, 5.41) is 3.15. The molecule has 2 heterocycles. The van der Waals surface area contributed by atoms with Gasteiger partial charge in [-0.1, -0.05) is 12.1 Å². The number of nitrogens with one attached hydrogen (secondary N) is 1. The van der Waals surface area contributed by atoms with Crippen LogP contribution in [0.2, 0.25) is 0 Å². The van der Waals surface area contributed by atoms with Crippen LogP contribution in [0.5, 0.6) is 0 Å². The van der Waals surface area contributed by atoms with E-state index >= 15 is 0 Å². The molecule has 1 aromatic carbocycles. The van der Waals surface area contributed by atoms with Crippen LogP contribution in [0, 0.1) is 0 Å². The van der Waals surface area contributed by atoms with Crippen molar-refractivity contribution in [3.63, 3.8) is 0 Å². The molecule has 2 aliphatic rings. The Labute approximate surface area is 183 Å². The third kappa shape index (κ3) is 5.56. The van der Waals surface area contributed by atoms with Gasteiger partial charge in [0.1, 0.15) is 6.04 Å². The zero-order valence-corrected chi connectivity index (χ0v) is 18.8. The molecule has 0 aliphatic carbocycles. The SMILES string of the molecule is CCOC(=O)[C@@H]1CCCCN1C(=O)CC[C@]1(Cc2ccc(SC)cc2)CCC(=O)N1. The van der Waals surface area contributed by atoms with E-state index in [9.17, 15) is 14.4 Å². The monoisotopic (exact) mass is 432 g/mol. The molecule has 7 heteroatoms. The van der Waals surface area contributed by atoms with Crippen molar-refractivity contribution in [2.45, 2.75) is 74.8 Å². The van der Waals surface area contributed by atoms with E-state index in [1.807, 2.05) is 6.26 Å². The van der Waals surface area contributed by atoms with Crippen molar-refractivity contribution < 1.29 is 19.1 Å². The van der Waals surface area contributed by atoms with E-state index in [1.54, 1.807) is 23.6 Å². The van der Waals surface area contributed by atoms with E-state index in [-0.39, 0.29) is 17.8 Å². The molecule has 0 bridgehead atoms. The number of benzene rings is 1. The number of amides is 2. The second-order valence-corrected chi connectivity index (χ2v) is 9.08. The maximum atomic E-state index is 13.0. The van der Waals surface area contributed by atoms with Crippen molar-refractivity contribution in [2.75, 3.05) is 19.4 Å². The number of thioether (sulfide) groups is 1. The quantitative estimate of drug-likeness (QED) is 0.504. The van der Waals surface area contributed by atoms with Gasteiger partial charge in [-0.3, -0.25) is 9.59 Å². The topological polar surface area (TPSA) is 75.7 Å². The highest BCUT2D eigenvalue weighted by Gasteiger charge is 2.39. The zero-order valence-electron chi connectivity index (χ0n) is 17.9. The van der Waals surface area contributed by atoms with Crippen LogP contribution in [0.1, 0.15) is 57.4 Å². The Morgan fingerprint density at radius 3 is 2.67 bits per heavy atom. The Bertz CT molecular complexity index is 767. The van der Waals surface area contributed by atoms with Crippen molar-refractivity contribution in [1.29, 1.82) is 0 Å². The predicted molar refractivity (Wildman–Crippen MR) is 117 cm³/mol. The van der Waals surface area contributed by atoms with Crippen LogP contribution in [0.25, 0.3) is 0 Å². The van der Waals surface area contributed by atoms with E-state index in [2.05, 4.69) is 29.6 Å². The van der Waals surface area contributed by atoms with Gasteiger partial charge < -0.3 is 15.0 Å². The van der Waals surface area contributed by atoms with Gasteiger partial charge in [-0.05, 0) is 69.4 Å². The number of carbonyl (C=O) groups is 3. The highest BCUT2D eigenvalue weighted by molar-refractivity contribution is 7.98. The van der Waals surface area contributed by atoms with Crippen LogP contribution < -0.4 is 5.32 Å². The van der Waals surface area contributed by atoms with Crippen molar-refractivity contribution in [1.82, 2.24) is 10.2 Å². The minimum Gasteiger partial charge on any atom is -0.464 e. The molecule has 3 rings (SSSR count). The Morgan fingerprint density at radius 2 is 2.03 bits per heavy atom. The van der Waals surface area contributed by atoms with E-state index < -0.39 is 11.6 Å². The lowest BCUT2D eigenvalue weighted by Crippen LogP contribution is -2.50. The first-order chi connectivity index (χ1) is 14.5. The summed E-state index contributed by atoms with van der Waals surface area (Å²) < 4.78 is 5.18. The molecule has 2 aliphatic heterocycles.